The highest BCUT2D eigenvalue weighted by atomic mass is 32.2. The van der Waals surface area contributed by atoms with Crippen molar-refractivity contribution < 1.29 is 14.3 Å². The molecule has 116 valence electrons. The highest BCUT2D eigenvalue weighted by Crippen LogP contribution is 2.33. The molecular formula is C17H19NO3S. The van der Waals surface area contributed by atoms with Crippen LogP contribution in [0.1, 0.15) is 15.9 Å². The molecule has 5 heteroatoms. The fraction of sp³-hybridized carbons (Fsp3) is 0.235. The molecule has 0 spiro atoms. The number of hydrogen-bond acceptors (Lipinski definition) is 4. The summed E-state index contributed by atoms with van der Waals surface area (Å²) < 4.78 is 10.5. The number of anilines is 1. The van der Waals surface area contributed by atoms with Gasteiger partial charge in [0.1, 0.15) is 0 Å². The van der Waals surface area contributed by atoms with Gasteiger partial charge in [-0.2, -0.15) is 0 Å². The molecule has 0 fully saturated rings. The van der Waals surface area contributed by atoms with Crippen LogP contribution < -0.4 is 14.8 Å². The molecule has 0 bridgehead atoms. The predicted octanol–water partition coefficient (Wildman–Crippen LogP) is 3.99. The molecule has 0 aliphatic heterocycles. The molecule has 0 saturated heterocycles. The summed E-state index contributed by atoms with van der Waals surface area (Å²) in [6.07, 6.45) is 1.95. The van der Waals surface area contributed by atoms with Crippen molar-refractivity contribution in [2.24, 2.45) is 0 Å². The molecule has 1 amide bonds. The third-order valence-corrected chi connectivity index (χ3v) is 4.13. The Hall–Kier alpha value is -2.14. The summed E-state index contributed by atoms with van der Waals surface area (Å²) in [4.78, 5) is 13.4. The molecule has 0 aliphatic rings. The average Bonchev–Trinajstić information content (AvgIpc) is 2.56. The average molecular weight is 317 g/mol. The van der Waals surface area contributed by atoms with Gasteiger partial charge in [0.25, 0.3) is 5.91 Å². The first-order valence-electron chi connectivity index (χ1n) is 6.77. The lowest BCUT2D eigenvalue weighted by molar-refractivity contribution is 0.102. The molecule has 0 atom stereocenters. The zero-order valence-corrected chi connectivity index (χ0v) is 13.9. The number of carbonyl (C=O) groups excluding carboxylic acids is 1. The molecule has 2 aromatic rings. The van der Waals surface area contributed by atoms with Gasteiger partial charge in [0.15, 0.2) is 11.5 Å². The van der Waals surface area contributed by atoms with E-state index in [0.717, 1.165) is 10.5 Å². The second-order valence-electron chi connectivity index (χ2n) is 4.68. The predicted molar refractivity (Wildman–Crippen MR) is 90.5 cm³/mol. The van der Waals surface area contributed by atoms with Crippen molar-refractivity contribution in [1.82, 2.24) is 0 Å². The van der Waals surface area contributed by atoms with Crippen LogP contribution in [0.3, 0.4) is 0 Å². The third kappa shape index (κ3) is 3.36. The van der Waals surface area contributed by atoms with E-state index in [-0.39, 0.29) is 5.91 Å². The maximum Gasteiger partial charge on any atom is 0.256 e. The first-order valence-corrected chi connectivity index (χ1v) is 8.00. The highest BCUT2D eigenvalue weighted by molar-refractivity contribution is 7.98. The molecule has 0 aromatic heterocycles. The van der Waals surface area contributed by atoms with E-state index in [9.17, 15) is 4.79 Å². The van der Waals surface area contributed by atoms with Crippen molar-refractivity contribution in [3.05, 3.63) is 47.5 Å². The number of aryl methyl sites for hydroxylation is 1. The monoisotopic (exact) mass is 317 g/mol. The Morgan fingerprint density at radius 3 is 2.36 bits per heavy atom. The van der Waals surface area contributed by atoms with Crippen LogP contribution in [0.15, 0.2) is 41.3 Å². The van der Waals surface area contributed by atoms with E-state index in [1.807, 2.05) is 43.5 Å². The lowest BCUT2D eigenvalue weighted by atomic mass is 10.1. The van der Waals surface area contributed by atoms with E-state index in [2.05, 4.69) is 5.32 Å². The van der Waals surface area contributed by atoms with Gasteiger partial charge in [-0.3, -0.25) is 4.79 Å². The first-order chi connectivity index (χ1) is 10.6. The van der Waals surface area contributed by atoms with Crippen LogP contribution in [0.5, 0.6) is 11.5 Å². The van der Waals surface area contributed by atoms with Gasteiger partial charge in [-0.25, -0.2) is 0 Å². The van der Waals surface area contributed by atoms with Gasteiger partial charge in [0.05, 0.1) is 19.8 Å². The number of carbonyl (C=O) groups is 1. The van der Waals surface area contributed by atoms with E-state index in [1.54, 1.807) is 32.0 Å². The second kappa shape index (κ2) is 7.22. The van der Waals surface area contributed by atoms with Crippen molar-refractivity contribution in [3.63, 3.8) is 0 Å². The second-order valence-corrected chi connectivity index (χ2v) is 5.52. The SMILES string of the molecule is COc1cc(C)c(NC(=O)c2ccccc2SC)cc1OC. The zero-order valence-electron chi connectivity index (χ0n) is 13.1. The fourth-order valence-corrected chi connectivity index (χ4v) is 2.73. The summed E-state index contributed by atoms with van der Waals surface area (Å²) in [5.74, 6) is 1.09. The number of hydrogen-bond donors (Lipinski definition) is 1. The van der Waals surface area contributed by atoms with Crippen molar-refractivity contribution in [2.45, 2.75) is 11.8 Å². The Morgan fingerprint density at radius 1 is 1.09 bits per heavy atom. The van der Waals surface area contributed by atoms with Crippen molar-refractivity contribution >= 4 is 23.4 Å². The number of rotatable bonds is 5. The van der Waals surface area contributed by atoms with Gasteiger partial charge < -0.3 is 14.8 Å². The summed E-state index contributed by atoms with van der Waals surface area (Å²) in [5, 5.41) is 2.94. The van der Waals surface area contributed by atoms with E-state index in [1.165, 1.54) is 0 Å². The number of benzene rings is 2. The molecule has 0 heterocycles. The maximum atomic E-state index is 12.5. The van der Waals surface area contributed by atoms with Crippen LogP contribution in [0, 0.1) is 6.92 Å². The first kappa shape index (κ1) is 16.2. The number of amides is 1. The van der Waals surface area contributed by atoms with Gasteiger partial charge in [-0.1, -0.05) is 12.1 Å². The van der Waals surface area contributed by atoms with E-state index in [0.29, 0.717) is 22.7 Å². The number of thioether (sulfide) groups is 1. The lowest BCUT2D eigenvalue weighted by Gasteiger charge is -2.14. The molecule has 0 aliphatic carbocycles. The smallest absolute Gasteiger partial charge is 0.256 e. The lowest BCUT2D eigenvalue weighted by Crippen LogP contribution is -2.14. The van der Waals surface area contributed by atoms with E-state index < -0.39 is 0 Å². The molecule has 1 N–H and O–H groups in total. The van der Waals surface area contributed by atoms with E-state index >= 15 is 0 Å². The Balaban J connectivity index is 2.32. The summed E-state index contributed by atoms with van der Waals surface area (Å²) in [7, 11) is 3.16. The molecule has 22 heavy (non-hydrogen) atoms. The van der Waals surface area contributed by atoms with Crippen LogP contribution in [-0.4, -0.2) is 26.4 Å². The summed E-state index contributed by atoms with van der Waals surface area (Å²) in [6.45, 7) is 1.91. The van der Waals surface area contributed by atoms with Crippen LogP contribution in [0.2, 0.25) is 0 Å². The highest BCUT2D eigenvalue weighted by Gasteiger charge is 2.14. The van der Waals surface area contributed by atoms with Crippen LogP contribution >= 0.6 is 11.8 Å². The molecule has 2 aromatic carbocycles. The van der Waals surface area contributed by atoms with Gasteiger partial charge in [0.2, 0.25) is 0 Å². The van der Waals surface area contributed by atoms with Crippen molar-refractivity contribution in [1.29, 1.82) is 0 Å². The maximum absolute atomic E-state index is 12.5. The van der Waals surface area contributed by atoms with Crippen molar-refractivity contribution in [2.75, 3.05) is 25.8 Å². The minimum Gasteiger partial charge on any atom is -0.493 e. The minimum atomic E-state index is -0.139. The summed E-state index contributed by atoms with van der Waals surface area (Å²) in [5.41, 5.74) is 2.27. The van der Waals surface area contributed by atoms with Gasteiger partial charge in [0, 0.05) is 16.6 Å². The molecule has 0 radical (unpaired) electrons. The van der Waals surface area contributed by atoms with Gasteiger partial charge in [-0.15, -0.1) is 11.8 Å². The van der Waals surface area contributed by atoms with Crippen LogP contribution in [0.4, 0.5) is 5.69 Å². The Kier molecular flexibility index (Phi) is 5.33. The Bertz CT molecular complexity index is 686. The van der Waals surface area contributed by atoms with Crippen LogP contribution in [0.25, 0.3) is 0 Å². The molecule has 0 saturated carbocycles. The summed E-state index contributed by atoms with van der Waals surface area (Å²) >= 11 is 1.55. The minimum absolute atomic E-state index is 0.139. The standard InChI is InChI=1S/C17H19NO3S/c1-11-9-14(20-2)15(21-3)10-13(11)18-17(19)12-7-5-6-8-16(12)22-4/h5-10H,1-4H3,(H,18,19). The van der Waals surface area contributed by atoms with Crippen molar-refractivity contribution in [3.8, 4) is 11.5 Å². The number of ether oxygens (including phenoxy) is 2. The van der Waals surface area contributed by atoms with Gasteiger partial charge >= 0.3 is 0 Å². The number of nitrogens with one attached hydrogen (secondary N) is 1. The molecule has 2 rings (SSSR count). The molecule has 4 nitrogen and oxygen atoms in total. The molecular weight excluding hydrogens is 298 g/mol. The normalized spacial score (nSPS) is 10.2. The largest absolute Gasteiger partial charge is 0.493 e. The third-order valence-electron chi connectivity index (χ3n) is 3.33. The topological polar surface area (TPSA) is 47.6 Å². The number of methoxy groups -OCH3 is 2. The quantitative estimate of drug-likeness (QED) is 0.847. The Morgan fingerprint density at radius 2 is 1.73 bits per heavy atom. The fourth-order valence-electron chi connectivity index (χ4n) is 2.14. The van der Waals surface area contributed by atoms with Crippen LogP contribution in [-0.2, 0) is 0 Å². The van der Waals surface area contributed by atoms with Gasteiger partial charge in [-0.05, 0) is 36.9 Å². The summed E-state index contributed by atoms with van der Waals surface area (Å²) in [6, 6.07) is 11.1. The van der Waals surface area contributed by atoms with E-state index in [4.69, 9.17) is 9.47 Å². The zero-order chi connectivity index (χ0) is 16.1. The Labute approximate surface area is 134 Å². The molecule has 0 unspecified atom stereocenters.